The normalized spacial score (nSPS) is 10.7. The first-order chi connectivity index (χ1) is 13.4. The van der Waals surface area contributed by atoms with Crippen LogP contribution in [0.1, 0.15) is 11.1 Å². The molecule has 0 radical (unpaired) electrons. The first-order valence-corrected chi connectivity index (χ1v) is 9.08. The van der Waals surface area contributed by atoms with Crippen molar-refractivity contribution in [2.45, 2.75) is 13.1 Å². The van der Waals surface area contributed by atoms with Gasteiger partial charge in [0.2, 0.25) is 0 Å². The highest BCUT2D eigenvalue weighted by Crippen LogP contribution is 2.20. The number of hydrogen-bond acceptors (Lipinski definition) is 3. The lowest BCUT2D eigenvalue weighted by Gasteiger charge is -2.08. The van der Waals surface area contributed by atoms with Crippen LogP contribution < -0.4 is 5.32 Å². The van der Waals surface area contributed by atoms with Crippen molar-refractivity contribution in [3.63, 3.8) is 0 Å². The van der Waals surface area contributed by atoms with Crippen LogP contribution in [0, 0.1) is 0 Å². The largest absolute Gasteiger partial charge is 0.309 e. The third-order valence-corrected chi connectivity index (χ3v) is 4.59. The van der Waals surface area contributed by atoms with E-state index >= 15 is 0 Å². The van der Waals surface area contributed by atoms with Crippen LogP contribution in [0.25, 0.3) is 22.3 Å². The van der Waals surface area contributed by atoms with Crippen LogP contribution >= 0.6 is 0 Å². The van der Waals surface area contributed by atoms with Gasteiger partial charge in [-0.15, -0.1) is 0 Å². The van der Waals surface area contributed by atoms with Gasteiger partial charge in [-0.05, 0) is 57.6 Å². The van der Waals surface area contributed by atoms with E-state index in [4.69, 9.17) is 0 Å². The minimum atomic E-state index is 0.850. The van der Waals surface area contributed by atoms with Crippen molar-refractivity contribution in [1.29, 1.82) is 0 Å². The molecule has 0 aliphatic carbocycles. The average Bonchev–Trinajstić information content (AvgIpc) is 2.76. The third kappa shape index (κ3) is 4.46. The maximum absolute atomic E-state index is 4.07. The molecular formula is C24H21N3. The Hall–Kier alpha value is -3.30. The molecule has 0 fully saturated rings. The minimum Gasteiger partial charge on any atom is -0.309 e. The molecule has 3 heteroatoms. The molecule has 0 saturated carbocycles. The van der Waals surface area contributed by atoms with E-state index in [0.717, 1.165) is 13.1 Å². The van der Waals surface area contributed by atoms with Gasteiger partial charge in [-0.25, -0.2) is 0 Å². The zero-order valence-electron chi connectivity index (χ0n) is 15.0. The molecule has 0 atom stereocenters. The van der Waals surface area contributed by atoms with Crippen LogP contribution in [0.2, 0.25) is 0 Å². The molecule has 0 amide bonds. The molecule has 2 heterocycles. The number of nitrogens with zero attached hydrogens (tertiary/aromatic N) is 2. The number of pyridine rings is 2. The molecule has 0 bridgehead atoms. The Labute approximate surface area is 159 Å². The maximum Gasteiger partial charge on any atom is 0.0273 e. The summed E-state index contributed by atoms with van der Waals surface area (Å²) in [6.07, 6.45) is 7.30. The molecule has 4 rings (SSSR count). The van der Waals surface area contributed by atoms with Gasteiger partial charge < -0.3 is 5.32 Å². The lowest BCUT2D eigenvalue weighted by atomic mass is 10.0. The molecule has 4 aromatic rings. The fraction of sp³-hybridized carbons (Fsp3) is 0.0833. The Morgan fingerprint density at radius 1 is 0.444 bits per heavy atom. The van der Waals surface area contributed by atoms with Crippen molar-refractivity contribution in [3.05, 3.63) is 109 Å². The van der Waals surface area contributed by atoms with E-state index in [1.165, 1.54) is 33.4 Å². The summed E-state index contributed by atoms with van der Waals surface area (Å²) in [4.78, 5) is 8.14. The predicted octanol–water partition coefficient (Wildman–Crippen LogP) is 5.10. The van der Waals surface area contributed by atoms with Crippen LogP contribution in [0.5, 0.6) is 0 Å². The second-order valence-corrected chi connectivity index (χ2v) is 6.47. The highest BCUT2D eigenvalue weighted by atomic mass is 14.8. The smallest absolute Gasteiger partial charge is 0.0273 e. The van der Waals surface area contributed by atoms with Gasteiger partial charge in [0.25, 0.3) is 0 Å². The molecule has 2 aromatic carbocycles. The Bertz CT molecular complexity index is 881. The second-order valence-electron chi connectivity index (χ2n) is 6.47. The van der Waals surface area contributed by atoms with Gasteiger partial charge in [0.1, 0.15) is 0 Å². The summed E-state index contributed by atoms with van der Waals surface area (Å²) in [6, 6.07) is 25.5. The summed E-state index contributed by atoms with van der Waals surface area (Å²) in [5.74, 6) is 0. The number of rotatable bonds is 6. The fourth-order valence-electron chi connectivity index (χ4n) is 3.07. The van der Waals surface area contributed by atoms with Gasteiger partial charge in [-0.3, -0.25) is 9.97 Å². The summed E-state index contributed by atoms with van der Waals surface area (Å²) in [5, 5.41) is 3.52. The van der Waals surface area contributed by atoms with Gasteiger partial charge in [0.15, 0.2) is 0 Å². The van der Waals surface area contributed by atoms with E-state index in [2.05, 4.69) is 63.8 Å². The zero-order chi connectivity index (χ0) is 18.3. The van der Waals surface area contributed by atoms with Crippen molar-refractivity contribution < 1.29 is 0 Å². The van der Waals surface area contributed by atoms with Gasteiger partial charge >= 0.3 is 0 Å². The minimum absolute atomic E-state index is 0.850. The summed E-state index contributed by atoms with van der Waals surface area (Å²) in [6.45, 7) is 1.70. The van der Waals surface area contributed by atoms with Crippen LogP contribution in [0.4, 0.5) is 0 Å². The molecule has 132 valence electrons. The average molecular weight is 351 g/mol. The molecule has 0 spiro atoms. The summed E-state index contributed by atoms with van der Waals surface area (Å²) in [5.41, 5.74) is 7.38. The van der Waals surface area contributed by atoms with Crippen LogP contribution in [0.15, 0.2) is 97.6 Å². The standard InChI is InChI=1S/C24H21N3/c1-5-21(23-9-13-25-14-10-23)6-2-19(1)17-27-18-20-3-7-22(8-4-20)24-11-15-26-16-12-24/h1-16,27H,17-18H2. The zero-order valence-corrected chi connectivity index (χ0v) is 15.0. The molecule has 0 aliphatic heterocycles. The van der Waals surface area contributed by atoms with Gasteiger partial charge in [0.05, 0.1) is 0 Å². The van der Waals surface area contributed by atoms with Crippen molar-refractivity contribution in [2.24, 2.45) is 0 Å². The molecule has 1 N–H and O–H groups in total. The van der Waals surface area contributed by atoms with Crippen molar-refractivity contribution >= 4 is 0 Å². The fourth-order valence-corrected chi connectivity index (χ4v) is 3.07. The van der Waals surface area contributed by atoms with Crippen molar-refractivity contribution in [3.8, 4) is 22.3 Å². The lowest BCUT2D eigenvalue weighted by molar-refractivity contribution is 0.693. The maximum atomic E-state index is 4.07. The van der Waals surface area contributed by atoms with Gasteiger partial charge in [0, 0.05) is 37.9 Å². The Kier molecular flexibility index (Phi) is 5.32. The highest BCUT2D eigenvalue weighted by molar-refractivity contribution is 5.63. The van der Waals surface area contributed by atoms with Gasteiger partial charge in [-0.2, -0.15) is 0 Å². The Morgan fingerprint density at radius 2 is 0.778 bits per heavy atom. The topological polar surface area (TPSA) is 37.8 Å². The molecule has 0 unspecified atom stereocenters. The third-order valence-electron chi connectivity index (χ3n) is 4.59. The van der Waals surface area contributed by atoms with E-state index in [1.807, 2.05) is 49.1 Å². The summed E-state index contributed by atoms with van der Waals surface area (Å²) < 4.78 is 0. The van der Waals surface area contributed by atoms with E-state index in [1.54, 1.807) is 0 Å². The Balaban J connectivity index is 1.32. The molecule has 2 aromatic heterocycles. The van der Waals surface area contributed by atoms with Crippen LogP contribution in [0.3, 0.4) is 0 Å². The number of hydrogen-bond donors (Lipinski definition) is 1. The van der Waals surface area contributed by atoms with Crippen LogP contribution in [-0.2, 0) is 13.1 Å². The number of benzene rings is 2. The molecule has 3 nitrogen and oxygen atoms in total. The first kappa shape index (κ1) is 17.1. The van der Waals surface area contributed by atoms with E-state index in [9.17, 15) is 0 Å². The molecule has 0 aliphatic rings. The number of aromatic nitrogens is 2. The molecule has 0 saturated heterocycles. The summed E-state index contributed by atoms with van der Waals surface area (Å²) in [7, 11) is 0. The quantitative estimate of drug-likeness (QED) is 0.525. The summed E-state index contributed by atoms with van der Waals surface area (Å²) >= 11 is 0. The van der Waals surface area contributed by atoms with Crippen molar-refractivity contribution in [2.75, 3.05) is 0 Å². The monoisotopic (exact) mass is 351 g/mol. The lowest BCUT2D eigenvalue weighted by Crippen LogP contribution is -2.12. The number of nitrogens with one attached hydrogen (secondary N) is 1. The molecular weight excluding hydrogens is 330 g/mol. The highest BCUT2D eigenvalue weighted by Gasteiger charge is 2.00. The SMILES string of the molecule is c1cc(-c2ccc(CNCc3ccc(-c4ccncc4)cc3)cc2)ccn1. The van der Waals surface area contributed by atoms with E-state index < -0.39 is 0 Å². The Morgan fingerprint density at radius 3 is 1.15 bits per heavy atom. The predicted molar refractivity (Wildman–Crippen MR) is 110 cm³/mol. The van der Waals surface area contributed by atoms with E-state index in [0.29, 0.717) is 0 Å². The van der Waals surface area contributed by atoms with Crippen molar-refractivity contribution in [1.82, 2.24) is 15.3 Å². The van der Waals surface area contributed by atoms with Crippen LogP contribution in [-0.4, -0.2) is 9.97 Å². The van der Waals surface area contributed by atoms with Gasteiger partial charge in [-0.1, -0.05) is 48.5 Å². The first-order valence-electron chi connectivity index (χ1n) is 9.08. The second kappa shape index (κ2) is 8.39. The van der Waals surface area contributed by atoms with E-state index in [-0.39, 0.29) is 0 Å². The molecule has 27 heavy (non-hydrogen) atoms.